The van der Waals surface area contributed by atoms with Gasteiger partial charge in [-0.05, 0) is 24.5 Å². The summed E-state index contributed by atoms with van der Waals surface area (Å²) in [5, 5.41) is 0. The van der Waals surface area contributed by atoms with E-state index >= 15 is 0 Å². The Hall–Kier alpha value is -1.06. The maximum Gasteiger partial charge on any atom is 0.389 e. The van der Waals surface area contributed by atoms with Crippen molar-refractivity contribution in [3.63, 3.8) is 0 Å². The Morgan fingerprint density at radius 3 is 2.62 bits per heavy atom. The zero-order valence-electron chi connectivity index (χ0n) is 7.01. The van der Waals surface area contributed by atoms with E-state index in [0.29, 0.717) is 6.42 Å². The summed E-state index contributed by atoms with van der Waals surface area (Å²) >= 11 is 0. The minimum atomic E-state index is -4.04. The minimum absolute atomic E-state index is 0.134. The van der Waals surface area contributed by atoms with E-state index in [2.05, 4.69) is 4.98 Å². The van der Waals surface area contributed by atoms with Gasteiger partial charge in [0.2, 0.25) is 0 Å². The van der Waals surface area contributed by atoms with Crippen LogP contribution in [0.1, 0.15) is 18.4 Å². The average Bonchev–Trinajstić information content (AvgIpc) is 2.04. The van der Waals surface area contributed by atoms with Crippen LogP contribution in [-0.2, 0) is 6.42 Å². The molecule has 1 aromatic heterocycles. The van der Waals surface area contributed by atoms with Gasteiger partial charge in [-0.1, -0.05) is 6.07 Å². The van der Waals surface area contributed by atoms with Crippen LogP contribution in [0, 0.1) is 0 Å². The Bertz CT molecular complexity index is 243. The number of halogens is 3. The minimum Gasteiger partial charge on any atom is -0.264 e. The highest BCUT2D eigenvalue weighted by atomic mass is 19.4. The van der Waals surface area contributed by atoms with E-state index in [9.17, 15) is 13.2 Å². The van der Waals surface area contributed by atoms with Crippen molar-refractivity contribution in [1.82, 2.24) is 4.98 Å². The molecule has 0 aliphatic heterocycles. The second-order valence-corrected chi connectivity index (χ2v) is 2.83. The number of rotatable bonds is 3. The molecule has 1 heterocycles. The second kappa shape index (κ2) is 4.25. The fourth-order valence-corrected chi connectivity index (χ4v) is 1.04. The van der Waals surface area contributed by atoms with Crippen LogP contribution >= 0.6 is 0 Å². The maximum atomic E-state index is 11.7. The van der Waals surface area contributed by atoms with Crippen molar-refractivity contribution in [2.75, 3.05) is 0 Å². The number of hydrogen-bond acceptors (Lipinski definition) is 1. The Kier molecular flexibility index (Phi) is 3.28. The molecule has 0 aliphatic carbocycles. The smallest absolute Gasteiger partial charge is 0.264 e. The average molecular weight is 189 g/mol. The zero-order valence-corrected chi connectivity index (χ0v) is 7.01. The monoisotopic (exact) mass is 189 g/mol. The van der Waals surface area contributed by atoms with Crippen LogP contribution in [0.4, 0.5) is 13.2 Å². The quantitative estimate of drug-likeness (QED) is 0.712. The van der Waals surface area contributed by atoms with Gasteiger partial charge < -0.3 is 0 Å². The normalized spacial score (nSPS) is 11.6. The molecule has 0 radical (unpaired) electrons. The fourth-order valence-electron chi connectivity index (χ4n) is 1.04. The van der Waals surface area contributed by atoms with Gasteiger partial charge in [-0.2, -0.15) is 13.2 Å². The molecule has 1 rings (SSSR count). The largest absolute Gasteiger partial charge is 0.389 e. The van der Waals surface area contributed by atoms with E-state index in [0.717, 1.165) is 5.56 Å². The molecule has 72 valence electrons. The Morgan fingerprint density at radius 2 is 2.08 bits per heavy atom. The van der Waals surface area contributed by atoms with Crippen LogP contribution in [0.5, 0.6) is 0 Å². The SMILES string of the molecule is FC(F)(F)CCCc1cccnc1. The van der Waals surface area contributed by atoms with Gasteiger partial charge in [-0.3, -0.25) is 4.98 Å². The van der Waals surface area contributed by atoms with E-state index in [1.807, 2.05) is 0 Å². The van der Waals surface area contributed by atoms with Gasteiger partial charge in [0.1, 0.15) is 0 Å². The van der Waals surface area contributed by atoms with Crippen molar-refractivity contribution in [3.8, 4) is 0 Å². The summed E-state index contributed by atoms with van der Waals surface area (Å²) in [5.74, 6) is 0. The first-order valence-corrected chi connectivity index (χ1v) is 4.03. The standard InChI is InChI=1S/C9H10F3N/c10-9(11,12)5-1-3-8-4-2-6-13-7-8/h2,4,6-7H,1,3,5H2. The van der Waals surface area contributed by atoms with Gasteiger partial charge in [0, 0.05) is 18.8 Å². The number of alkyl halides is 3. The molecule has 0 saturated carbocycles. The maximum absolute atomic E-state index is 11.7. The van der Waals surface area contributed by atoms with Crippen LogP contribution in [0.3, 0.4) is 0 Å². The van der Waals surface area contributed by atoms with E-state index < -0.39 is 12.6 Å². The predicted octanol–water partition coefficient (Wildman–Crippen LogP) is 2.97. The van der Waals surface area contributed by atoms with Gasteiger partial charge in [0.25, 0.3) is 0 Å². The highest BCUT2D eigenvalue weighted by Gasteiger charge is 2.25. The molecule has 0 saturated heterocycles. The Balaban J connectivity index is 2.29. The summed E-state index contributed by atoms with van der Waals surface area (Å²) in [4.78, 5) is 3.82. The molecule has 0 fully saturated rings. The summed E-state index contributed by atoms with van der Waals surface area (Å²) in [5.41, 5.74) is 0.853. The third-order valence-corrected chi connectivity index (χ3v) is 1.65. The fraction of sp³-hybridized carbons (Fsp3) is 0.444. The van der Waals surface area contributed by atoms with Gasteiger partial charge in [0.05, 0.1) is 0 Å². The van der Waals surface area contributed by atoms with Crippen molar-refractivity contribution < 1.29 is 13.2 Å². The van der Waals surface area contributed by atoms with E-state index in [1.54, 1.807) is 24.5 Å². The number of aromatic nitrogens is 1. The van der Waals surface area contributed by atoms with Gasteiger partial charge in [-0.15, -0.1) is 0 Å². The molecule has 0 aliphatic rings. The zero-order chi connectivity index (χ0) is 9.73. The van der Waals surface area contributed by atoms with Crippen LogP contribution in [0.2, 0.25) is 0 Å². The summed E-state index contributed by atoms with van der Waals surface area (Å²) in [6.45, 7) is 0. The highest BCUT2D eigenvalue weighted by Crippen LogP contribution is 2.22. The van der Waals surface area contributed by atoms with E-state index in [4.69, 9.17) is 0 Å². The first-order chi connectivity index (χ1) is 6.08. The lowest BCUT2D eigenvalue weighted by Gasteiger charge is -2.04. The summed E-state index contributed by atoms with van der Waals surface area (Å²) in [7, 11) is 0. The van der Waals surface area contributed by atoms with Gasteiger partial charge in [0.15, 0.2) is 0 Å². The molecule has 4 heteroatoms. The third-order valence-electron chi connectivity index (χ3n) is 1.65. The molecule has 0 amide bonds. The van der Waals surface area contributed by atoms with Crippen LogP contribution in [0.15, 0.2) is 24.5 Å². The molecule has 13 heavy (non-hydrogen) atoms. The molecule has 0 atom stereocenters. The van der Waals surface area contributed by atoms with Crippen LogP contribution < -0.4 is 0 Å². The summed E-state index contributed by atoms with van der Waals surface area (Å²) in [6, 6.07) is 3.51. The molecular weight excluding hydrogens is 179 g/mol. The molecule has 1 nitrogen and oxygen atoms in total. The highest BCUT2D eigenvalue weighted by molar-refractivity contribution is 5.08. The second-order valence-electron chi connectivity index (χ2n) is 2.83. The first kappa shape index (κ1) is 10.0. The number of pyridine rings is 1. The predicted molar refractivity (Wildman–Crippen MR) is 43.2 cm³/mol. The van der Waals surface area contributed by atoms with Crippen LogP contribution in [0.25, 0.3) is 0 Å². The molecule has 0 unspecified atom stereocenters. The molecule has 1 aromatic rings. The van der Waals surface area contributed by atoms with Crippen molar-refractivity contribution in [3.05, 3.63) is 30.1 Å². The lowest BCUT2D eigenvalue weighted by molar-refractivity contribution is -0.135. The van der Waals surface area contributed by atoms with Crippen LogP contribution in [-0.4, -0.2) is 11.2 Å². The Labute approximate surface area is 74.6 Å². The third kappa shape index (κ3) is 4.50. The number of nitrogens with zero attached hydrogens (tertiary/aromatic N) is 1. The van der Waals surface area contributed by atoms with Crippen molar-refractivity contribution in [2.24, 2.45) is 0 Å². The molecule has 0 aromatic carbocycles. The molecular formula is C9H10F3N. The number of hydrogen-bond donors (Lipinski definition) is 0. The van der Waals surface area contributed by atoms with Crippen molar-refractivity contribution in [2.45, 2.75) is 25.4 Å². The lowest BCUT2D eigenvalue weighted by Crippen LogP contribution is -2.07. The topological polar surface area (TPSA) is 12.9 Å². The lowest BCUT2D eigenvalue weighted by atomic mass is 10.1. The van der Waals surface area contributed by atoms with Gasteiger partial charge in [-0.25, -0.2) is 0 Å². The molecule has 0 N–H and O–H groups in total. The van der Waals surface area contributed by atoms with Crippen molar-refractivity contribution >= 4 is 0 Å². The van der Waals surface area contributed by atoms with E-state index in [1.165, 1.54) is 0 Å². The molecule has 0 bridgehead atoms. The van der Waals surface area contributed by atoms with E-state index in [-0.39, 0.29) is 6.42 Å². The first-order valence-electron chi connectivity index (χ1n) is 4.03. The summed E-state index contributed by atoms with van der Waals surface area (Å²) < 4.78 is 35.2. The number of aryl methyl sites for hydroxylation is 1. The molecule has 0 spiro atoms. The Morgan fingerprint density at radius 1 is 1.31 bits per heavy atom. The summed E-state index contributed by atoms with van der Waals surface area (Å²) in [6.07, 6.45) is -0.990. The van der Waals surface area contributed by atoms with Gasteiger partial charge >= 0.3 is 6.18 Å². The van der Waals surface area contributed by atoms with Crippen molar-refractivity contribution in [1.29, 1.82) is 0 Å².